The standard InChI is InChI=1S/C14H18N2O5S/c1-9-14(17)16-12-7-11(4-5-13(12)21-9)22(18,19)15-8-10-3-2-6-20-10/h4-5,7,9-10,15H,2-3,6,8H2,1H3,(H,16,17)/t9-,10+/m1/s1. The molecule has 1 aromatic rings. The topological polar surface area (TPSA) is 93.7 Å². The van der Waals surface area contributed by atoms with E-state index in [0.29, 0.717) is 18.0 Å². The summed E-state index contributed by atoms with van der Waals surface area (Å²) in [6, 6.07) is 4.41. The van der Waals surface area contributed by atoms with Crippen LogP contribution in [0.2, 0.25) is 0 Å². The number of benzene rings is 1. The Labute approximate surface area is 129 Å². The molecule has 0 saturated carbocycles. The third-order valence-electron chi connectivity index (χ3n) is 3.72. The van der Waals surface area contributed by atoms with Gasteiger partial charge in [-0.25, -0.2) is 13.1 Å². The highest BCUT2D eigenvalue weighted by molar-refractivity contribution is 7.89. The Kier molecular flexibility index (Phi) is 4.07. The van der Waals surface area contributed by atoms with Crippen LogP contribution in [0, 0.1) is 0 Å². The van der Waals surface area contributed by atoms with Gasteiger partial charge in [-0.3, -0.25) is 4.79 Å². The summed E-state index contributed by atoms with van der Waals surface area (Å²) >= 11 is 0. The summed E-state index contributed by atoms with van der Waals surface area (Å²) in [7, 11) is -3.65. The molecule has 7 nitrogen and oxygen atoms in total. The number of fused-ring (bicyclic) bond motifs is 1. The lowest BCUT2D eigenvalue weighted by Gasteiger charge is -2.23. The lowest BCUT2D eigenvalue weighted by Crippen LogP contribution is -2.35. The summed E-state index contributed by atoms with van der Waals surface area (Å²) in [5, 5.41) is 2.64. The third kappa shape index (κ3) is 3.08. The molecule has 2 atom stereocenters. The van der Waals surface area contributed by atoms with Crippen molar-refractivity contribution in [1.82, 2.24) is 4.72 Å². The Morgan fingerprint density at radius 1 is 1.41 bits per heavy atom. The quantitative estimate of drug-likeness (QED) is 0.856. The Balaban J connectivity index is 1.76. The van der Waals surface area contributed by atoms with Crippen molar-refractivity contribution in [1.29, 1.82) is 0 Å². The minimum Gasteiger partial charge on any atom is -0.479 e. The Bertz CT molecular complexity index is 682. The van der Waals surface area contributed by atoms with E-state index in [1.165, 1.54) is 12.1 Å². The number of anilines is 1. The van der Waals surface area contributed by atoms with Gasteiger partial charge in [-0.1, -0.05) is 0 Å². The molecule has 2 heterocycles. The molecule has 1 fully saturated rings. The molecule has 0 aliphatic carbocycles. The van der Waals surface area contributed by atoms with E-state index in [-0.39, 0.29) is 23.5 Å². The molecule has 3 rings (SSSR count). The molecule has 0 aromatic heterocycles. The van der Waals surface area contributed by atoms with Gasteiger partial charge in [0.2, 0.25) is 10.0 Å². The highest BCUT2D eigenvalue weighted by Crippen LogP contribution is 2.31. The van der Waals surface area contributed by atoms with Gasteiger partial charge in [0.15, 0.2) is 6.10 Å². The van der Waals surface area contributed by atoms with Crippen molar-refractivity contribution < 1.29 is 22.7 Å². The van der Waals surface area contributed by atoms with E-state index in [1.807, 2.05) is 0 Å². The van der Waals surface area contributed by atoms with Gasteiger partial charge in [0, 0.05) is 13.2 Å². The molecular formula is C14H18N2O5S. The first kappa shape index (κ1) is 15.3. The molecule has 22 heavy (non-hydrogen) atoms. The molecule has 0 radical (unpaired) electrons. The van der Waals surface area contributed by atoms with Crippen LogP contribution >= 0.6 is 0 Å². The number of nitrogens with one attached hydrogen (secondary N) is 2. The fourth-order valence-electron chi connectivity index (χ4n) is 2.45. The summed E-state index contributed by atoms with van der Waals surface area (Å²) in [4.78, 5) is 11.7. The van der Waals surface area contributed by atoms with E-state index < -0.39 is 16.1 Å². The van der Waals surface area contributed by atoms with Crippen molar-refractivity contribution in [3.8, 4) is 5.75 Å². The van der Waals surface area contributed by atoms with Gasteiger partial charge in [-0.2, -0.15) is 0 Å². The van der Waals surface area contributed by atoms with Crippen molar-refractivity contribution in [3.63, 3.8) is 0 Å². The average molecular weight is 326 g/mol. The van der Waals surface area contributed by atoms with Crippen molar-refractivity contribution in [2.45, 2.75) is 36.9 Å². The van der Waals surface area contributed by atoms with Crippen molar-refractivity contribution >= 4 is 21.6 Å². The van der Waals surface area contributed by atoms with Gasteiger partial charge in [-0.15, -0.1) is 0 Å². The number of rotatable bonds is 4. The molecule has 1 amide bonds. The number of hydrogen-bond donors (Lipinski definition) is 2. The van der Waals surface area contributed by atoms with Crippen LogP contribution in [0.25, 0.3) is 0 Å². The van der Waals surface area contributed by atoms with Crippen LogP contribution in [0.4, 0.5) is 5.69 Å². The summed E-state index contributed by atoms with van der Waals surface area (Å²) < 4.78 is 37.9. The maximum Gasteiger partial charge on any atom is 0.265 e. The van der Waals surface area contributed by atoms with E-state index in [9.17, 15) is 13.2 Å². The van der Waals surface area contributed by atoms with Crippen LogP contribution in [-0.4, -0.2) is 39.7 Å². The van der Waals surface area contributed by atoms with E-state index >= 15 is 0 Å². The van der Waals surface area contributed by atoms with Crippen LogP contribution in [0.15, 0.2) is 23.1 Å². The molecule has 1 aromatic carbocycles. The van der Waals surface area contributed by atoms with Crippen LogP contribution in [-0.2, 0) is 19.6 Å². The van der Waals surface area contributed by atoms with Gasteiger partial charge < -0.3 is 14.8 Å². The van der Waals surface area contributed by atoms with E-state index in [1.54, 1.807) is 13.0 Å². The predicted molar refractivity (Wildman–Crippen MR) is 79.3 cm³/mol. The van der Waals surface area contributed by atoms with Gasteiger partial charge in [0.25, 0.3) is 5.91 Å². The molecular weight excluding hydrogens is 308 g/mol. The zero-order valence-corrected chi connectivity index (χ0v) is 13.0. The first-order valence-corrected chi connectivity index (χ1v) is 8.67. The molecule has 2 N–H and O–H groups in total. The Hall–Kier alpha value is -1.64. The summed E-state index contributed by atoms with van der Waals surface area (Å²) in [6.45, 7) is 2.55. The molecule has 0 bridgehead atoms. The predicted octanol–water partition coefficient (Wildman–Crippen LogP) is 0.863. The molecule has 1 saturated heterocycles. The second-order valence-corrected chi connectivity index (χ2v) is 7.16. The van der Waals surface area contributed by atoms with Crippen LogP contribution < -0.4 is 14.8 Å². The van der Waals surface area contributed by atoms with Crippen molar-refractivity contribution in [2.24, 2.45) is 0 Å². The molecule has 8 heteroatoms. The largest absolute Gasteiger partial charge is 0.479 e. The van der Waals surface area contributed by atoms with Gasteiger partial charge in [0.1, 0.15) is 5.75 Å². The second-order valence-electron chi connectivity index (χ2n) is 5.39. The molecule has 0 unspecified atom stereocenters. The number of ether oxygens (including phenoxy) is 2. The summed E-state index contributed by atoms with van der Waals surface area (Å²) in [5.74, 6) is 0.166. The molecule has 2 aliphatic rings. The zero-order chi connectivity index (χ0) is 15.7. The minimum atomic E-state index is -3.65. The maximum absolute atomic E-state index is 12.3. The van der Waals surface area contributed by atoms with Crippen LogP contribution in [0.3, 0.4) is 0 Å². The molecule has 120 valence electrons. The van der Waals surface area contributed by atoms with Crippen molar-refractivity contribution in [2.75, 3.05) is 18.5 Å². The Morgan fingerprint density at radius 3 is 2.95 bits per heavy atom. The number of carbonyl (C=O) groups excluding carboxylic acids is 1. The maximum atomic E-state index is 12.3. The average Bonchev–Trinajstić information content (AvgIpc) is 2.99. The SMILES string of the molecule is C[C@H]1Oc2ccc(S(=O)(=O)NC[C@@H]3CCCO3)cc2NC1=O. The smallest absolute Gasteiger partial charge is 0.265 e. The molecule has 2 aliphatic heterocycles. The molecule has 0 spiro atoms. The van der Waals surface area contributed by atoms with Crippen molar-refractivity contribution in [3.05, 3.63) is 18.2 Å². The van der Waals surface area contributed by atoms with E-state index in [0.717, 1.165) is 12.8 Å². The van der Waals surface area contributed by atoms with E-state index in [2.05, 4.69) is 10.0 Å². The fraction of sp³-hybridized carbons (Fsp3) is 0.500. The normalized spacial score (nSPS) is 24.5. The van der Waals surface area contributed by atoms with Gasteiger partial charge in [-0.05, 0) is 38.0 Å². The first-order chi connectivity index (χ1) is 10.5. The highest BCUT2D eigenvalue weighted by Gasteiger charge is 2.26. The number of amides is 1. The zero-order valence-electron chi connectivity index (χ0n) is 12.2. The number of carbonyl (C=O) groups is 1. The van der Waals surface area contributed by atoms with Crippen LogP contribution in [0.1, 0.15) is 19.8 Å². The lowest BCUT2D eigenvalue weighted by molar-refractivity contribution is -0.122. The Morgan fingerprint density at radius 2 is 2.23 bits per heavy atom. The summed E-state index contributed by atoms with van der Waals surface area (Å²) in [6.07, 6.45) is 1.14. The second kappa shape index (κ2) is 5.86. The van der Waals surface area contributed by atoms with Gasteiger partial charge >= 0.3 is 0 Å². The fourth-order valence-corrected chi connectivity index (χ4v) is 3.54. The first-order valence-electron chi connectivity index (χ1n) is 7.18. The number of hydrogen-bond acceptors (Lipinski definition) is 5. The van der Waals surface area contributed by atoms with Gasteiger partial charge in [0.05, 0.1) is 16.7 Å². The summed E-state index contributed by atoms with van der Waals surface area (Å²) in [5.41, 5.74) is 0.364. The third-order valence-corrected chi connectivity index (χ3v) is 5.14. The van der Waals surface area contributed by atoms with E-state index in [4.69, 9.17) is 9.47 Å². The number of sulfonamides is 1. The highest BCUT2D eigenvalue weighted by atomic mass is 32.2. The lowest BCUT2D eigenvalue weighted by atomic mass is 10.2. The minimum absolute atomic E-state index is 0.0729. The monoisotopic (exact) mass is 326 g/mol. The van der Waals surface area contributed by atoms with Crippen LogP contribution in [0.5, 0.6) is 5.75 Å².